The maximum absolute atomic E-state index is 4.50. The molecule has 0 aliphatic carbocycles. The summed E-state index contributed by atoms with van der Waals surface area (Å²) in [7, 11) is 3.48. The predicted octanol–water partition coefficient (Wildman–Crippen LogP) is 0.581. The van der Waals surface area contributed by atoms with Crippen molar-refractivity contribution in [2.24, 2.45) is 5.73 Å². The first kappa shape index (κ1) is 10.8. The minimum atomic E-state index is 1.16. The Morgan fingerprint density at radius 1 is 1.38 bits per heavy atom. The average molecular weight is 118 g/mol. The Hall–Kier alpha value is -0.0800. The molecule has 0 unspecified atom stereocenters. The van der Waals surface area contributed by atoms with Gasteiger partial charge in [0.15, 0.2) is 0 Å². The summed E-state index contributed by atoms with van der Waals surface area (Å²) in [5.74, 6) is 0. The molecule has 52 valence electrons. The van der Waals surface area contributed by atoms with Crippen molar-refractivity contribution in [2.45, 2.75) is 19.8 Å². The van der Waals surface area contributed by atoms with Crippen molar-refractivity contribution in [3.05, 3.63) is 0 Å². The van der Waals surface area contributed by atoms with E-state index in [1.165, 1.54) is 19.9 Å². The molecule has 0 bridgehead atoms. The number of unbranched alkanes of at least 4 members (excludes halogenated alkanes) is 1. The summed E-state index contributed by atoms with van der Waals surface area (Å²) in [4.78, 5) is 0. The average Bonchev–Trinajstić information content (AvgIpc) is 1.88. The van der Waals surface area contributed by atoms with Crippen LogP contribution in [0.15, 0.2) is 0 Å². The summed E-state index contributed by atoms with van der Waals surface area (Å²) in [5.41, 5.74) is 4.50. The Kier molecular flexibility index (Phi) is 21.3. The van der Waals surface area contributed by atoms with Crippen molar-refractivity contribution >= 4 is 0 Å². The molecule has 0 aromatic carbocycles. The largest absolute Gasteiger partial charge is 0.333 e. The fourth-order valence-electron chi connectivity index (χ4n) is 0.354. The topological polar surface area (TPSA) is 38.0 Å². The highest BCUT2D eigenvalue weighted by Gasteiger charge is 1.73. The second-order valence-electron chi connectivity index (χ2n) is 1.46. The maximum atomic E-state index is 4.50. The fourth-order valence-corrected chi connectivity index (χ4v) is 0.354. The molecular formula is C6H18N2. The SMILES string of the molecule is CCCCNC.CN. The highest BCUT2D eigenvalue weighted by Crippen LogP contribution is 1.79. The lowest BCUT2D eigenvalue weighted by atomic mass is 10.3. The molecule has 0 spiro atoms. The zero-order valence-corrected chi connectivity index (χ0v) is 6.20. The van der Waals surface area contributed by atoms with Gasteiger partial charge in [-0.3, -0.25) is 0 Å². The van der Waals surface area contributed by atoms with Crippen LogP contribution in [0.2, 0.25) is 0 Å². The van der Waals surface area contributed by atoms with E-state index in [0.717, 1.165) is 6.54 Å². The van der Waals surface area contributed by atoms with Gasteiger partial charge in [0.1, 0.15) is 0 Å². The maximum Gasteiger partial charge on any atom is -0.00520 e. The summed E-state index contributed by atoms with van der Waals surface area (Å²) >= 11 is 0. The van der Waals surface area contributed by atoms with Gasteiger partial charge in [-0.15, -0.1) is 0 Å². The van der Waals surface area contributed by atoms with Crippen LogP contribution in [0.25, 0.3) is 0 Å². The quantitative estimate of drug-likeness (QED) is 0.532. The second-order valence-corrected chi connectivity index (χ2v) is 1.46. The summed E-state index contributed by atoms with van der Waals surface area (Å²) in [6.07, 6.45) is 2.59. The van der Waals surface area contributed by atoms with Crippen LogP contribution in [0, 0.1) is 0 Å². The molecular weight excluding hydrogens is 100 g/mol. The van der Waals surface area contributed by atoms with Crippen molar-refractivity contribution in [3.63, 3.8) is 0 Å². The lowest BCUT2D eigenvalue weighted by Gasteiger charge is -1.89. The van der Waals surface area contributed by atoms with Crippen molar-refractivity contribution in [2.75, 3.05) is 20.6 Å². The molecule has 0 fully saturated rings. The number of rotatable bonds is 3. The standard InChI is InChI=1S/C5H13N.CH5N/c1-3-4-5-6-2;1-2/h6H,3-5H2,1-2H3;2H2,1H3. The minimum absolute atomic E-state index is 1.16. The molecule has 0 radical (unpaired) electrons. The van der Waals surface area contributed by atoms with Crippen molar-refractivity contribution < 1.29 is 0 Å². The summed E-state index contributed by atoms with van der Waals surface area (Å²) in [6.45, 7) is 3.36. The van der Waals surface area contributed by atoms with E-state index in [-0.39, 0.29) is 0 Å². The molecule has 0 aliphatic rings. The van der Waals surface area contributed by atoms with Crippen molar-refractivity contribution in [3.8, 4) is 0 Å². The molecule has 0 heterocycles. The van der Waals surface area contributed by atoms with Crippen LogP contribution >= 0.6 is 0 Å². The monoisotopic (exact) mass is 118 g/mol. The Bertz CT molecular complexity index is 18.5. The molecule has 0 rings (SSSR count). The Labute approximate surface area is 52.5 Å². The molecule has 0 aliphatic heterocycles. The van der Waals surface area contributed by atoms with Crippen LogP contribution in [0.4, 0.5) is 0 Å². The van der Waals surface area contributed by atoms with Crippen LogP contribution in [-0.2, 0) is 0 Å². The van der Waals surface area contributed by atoms with Crippen LogP contribution in [0.5, 0.6) is 0 Å². The Morgan fingerprint density at radius 2 is 1.88 bits per heavy atom. The fraction of sp³-hybridized carbons (Fsp3) is 1.00. The van der Waals surface area contributed by atoms with E-state index >= 15 is 0 Å². The van der Waals surface area contributed by atoms with Gasteiger partial charge < -0.3 is 11.1 Å². The van der Waals surface area contributed by atoms with Gasteiger partial charge in [0.05, 0.1) is 0 Å². The number of hydrogen-bond acceptors (Lipinski definition) is 2. The van der Waals surface area contributed by atoms with Crippen LogP contribution in [-0.4, -0.2) is 20.6 Å². The zero-order valence-electron chi connectivity index (χ0n) is 6.20. The van der Waals surface area contributed by atoms with Crippen LogP contribution < -0.4 is 11.1 Å². The second kappa shape index (κ2) is 15.8. The zero-order chi connectivity index (χ0) is 6.83. The van der Waals surface area contributed by atoms with Gasteiger partial charge in [0.2, 0.25) is 0 Å². The summed E-state index contributed by atoms with van der Waals surface area (Å²) < 4.78 is 0. The normalized spacial score (nSPS) is 7.50. The molecule has 0 saturated carbocycles. The first-order valence-electron chi connectivity index (χ1n) is 3.14. The minimum Gasteiger partial charge on any atom is -0.333 e. The highest BCUT2D eigenvalue weighted by molar-refractivity contribution is 4.34. The van der Waals surface area contributed by atoms with Crippen molar-refractivity contribution in [1.29, 1.82) is 0 Å². The van der Waals surface area contributed by atoms with Gasteiger partial charge in [-0.05, 0) is 27.1 Å². The van der Waals surface area contributed by atoms with Gasteiger partial charge in [0.25, 0.3) is 0 Å². The van der Waals surface area contributed by atoms with E-state index in [1.54, 1.807) is 0 Å². The van der Waals surface area contributed by atoms with Gasteiger partial charge >= 0.3 is 0 Å². The molecule has 0 saturated heterocycles. The van der Waals surface area contributed by atoms with Gasteiger partial charge in [-0.1, -0.05) is 13.3 Å². The van der Waals surface area contributed by atoms with Gasteiger partial charge in [-0.2, -0.15) is 0 Å². The molecule has 0 aromatic rings. The Morgan fingerprint density at radius 3 is 2.00 bits per heavy atom. The van der Waals surface area contributed by atoms with E-state index in [4.69, 9.17) is 0 Å². The highest BCUT2D eigenvalue weighted by atomic mass is 14.8. The van der Waals surface area contributed by atoms with E-state index in [9.17, 15) is 0 Å². The van der Waals surface area contributed by atoms with E-state index in [1.807, 2.05) is 7.05 Å². The third kappa shape index (κ3) is 16.8. The lowest BCUT2D eigenvalue weighted by Crippen LogP contribution is -2.06. The van der Waals surface area contributed by atoms with Crippen LogP contribution in [0.1, 0.15) is 19.8 Å². The predicted molar refractivity (Wildman–Crippen MR) is 38.9 cm³/mol. The van der Waals surface area contributed by atoms with E-state index in [0.29, 0.717) is 0 Å². The van der Waals surface area contributed by atoms with E-state index < -0.39 is 0 Å². The van der Waals surface area contributed by atoms with E-state index in [2.05, 4.69) is 18.0 Å². The number of hydrogen-bond donors (Lipinski definition) is 2. The molecule has 0 amide bonds. The summed E-state index contributed by atoms with van der Waals surface area (Å²) in [5, 5.41) is 3.07. The third-order valence-corrected chi connectivity index (χ3v) is 0.780. The molecule has 3 N–H and O–H groups in total. The molecule has 0 atom stereocenters. The Balaban J connectivity index is 0. The van der Waals surface area contributed by atoms with Gasteiger partial charge in [0, 0.05) is 0 Å². The van der Waals surface area contributed by atoms with Gasteiger partial charge in [-0.25, -0.2) is 0 Å². The molecule has 0 aromatic heterocycles. The van der Waals surface area contributed by atoms with Crippen molar-refractivity contribution in [1.82, 2.24) is 5.32 Å². The first-order valence-corrected chi connectivity index (χ1v) is 3.14. The smallest absolute Gasteiger partial charge is 0.00520 e. The molecule has 8 heavy (non-hydrogen) atoms. The summed E-state index contributed by atoms with van der Waals surface area (Å²) in [6, 6.07) is 0. The number of nitrogens with one attached hydrogen (secondary N) is 1. The molecule has 2 nitrogen and oxygen atoms in total. The lowest BCUT2D eigenvalue weighted by molar-refractivity contribution is 0.711. The third-order valence-electron chi connectivity index (χ3n) is 0.780. The molecule has 2 heteroatoms. The number of nitrogens with two attached hydrogens (primary N) is 1. The van der Waals surface area contributed by atoms with Crippen LogP contribution in [0.3, 0.4) is 0 Å². The first-order chi connectivity index (χ1) is 3.91.